The van der Waals surface area contributed by atoms with Crippen molar-refractivity contribution < 1.29 is 14.3 Å². The van der Waals surface area contributed by atoms with E-state index < -0.39 is 5.97 Å². The Kier molecular flexibility index (Phi) is 4.34. The van der Waals surface area contributed by atoms with Gasteiger partial charge in [-0.25, -0.2) is 0 Å². The molecule has 1 rings (SSSR count). The lowest BCUT2D eigenvalue weighted by Gasteiger charge is -2.09. The number of methoxy groups -OCH3 is 1. The van der Waals surface area contributed by atoms with E-state index in [0.29, 0.717) is 11.5 Å². The van der Waals surface area contributed by atoms with Crippen LogP contribution in [0.1, 0.15) is 18.4 Å². The average Bonchev–Trinajstić information content (AvgIpc) is 2.28. The van der Waals surface area contributed by atoms with E-state index in [0.717, 1.165) is 5.56 Å². The predicted octanol–water partition coefficient (Wildman–Crippen LogP) is 2.21. The number of rotatable bonds is 4. The maximum absolute atomic E-state index is 11.3. The number of nitriles is 1. The summed E-state index contributed by atoms with van der Waals surface area (Å²) >= 11 is 0. The SMILES string of the molecule is COc1cc(C)ccc1OC(=O)CCC#N. The topological polar surface area (TPSA) is 59.3 Å². The fourth-order valence-electron chi connectivity index (χ4n) is 1.19. The van der Waals surface area contributed by atoms with Crippen LogP contribution in [0.4, 0.5) is 0 Å². The number of benzene rings is 1. The average molecular weight is 219 g/mol. The Morgan fingerprint density at radius 2 is 2.19 bits per heavy atom. The lowest BCUT2D eigenvalue weighted by Crippen LogP contribution is -2.08. The zero-order valence-electron chi connectivity index (χ0n) is 9.32. The molecule has 0 atom stereocenters. The minimum Gasteiger partial charge on any atom is -0.493 e. The summed E-state index contributed by atoms with van der Waals surface area (Å²) in [5, 5.41) is 8.34. The van der Waals surface area contributed by atoms with Crippen LogP contribution >= 0.6 is 0 Å². The highest BCUT2D eigenvalue weighted by atomic mass is 16.6. The molecule has 0 aliphatic carbocycles. The van der Waals surface area contributed by atoms with Crippen LogP contribution in [-0.4, -0.2) is 13.1 Å². The van der Waals surface area contributed by atoms with Crippen molar-refractivity contribution in [3.05, 3.63) is 23.8 Å². The van der Waals surface area contributed by atoms with Gasteiger partial charge in [0, 0.05) is 6.42 Å². The monoisotopic (exact) mass is 219 g/mol. The van der Waals surface area contributed by atoms with Gasteiger partial charge < -0.3 is 9.47 Å². The number of esters is 1. The summed E-state index contributed by atoms with van der Waals surface area (Å²) in [5.74, 6) is 0.477. The minimum atomic E-state index is -0.427. The maximum atomic E-state index is 11.3. The number of nitrogens with zero attached hydrogens (tertiary/aromatic N) is 1. The molecule has 0 saturated carbocycles. The maximum Gasteiger partial charge on any atom is 0.312 e. The molecule has 0 heterocycles. The molecule has 84 valence electrons. The van der Waals surface area contributed by atoms with E-state index >= 15 is 0 Å². The summed E-state index contributed by atoms with van der Waals surface area (Å²) in [6, 6.07) is 7.18. The molecule has 0 saturated heterocycles. The second-order valence-corrected chi connectivity index (χ2v) is 3.29. The van der Waals surface area contributed by atoms with E-state index in [1.807, 2.05) is 19.1 Å². The Balaban J connectivity index is 2.73. The van der Waals surface area contributed by atoms with Crippen LogP contribution in [0.25, 0.3) is 0 Å². The van der Waals surface area contributed by atoms with Gasteiger partial charge in [0.1, 0.15) is 0 Å². The highest BCUT2D eigenvalue weighted by Gasteiger charge is 2.09. The van der Waals surface area contributed by atoms with Gasteiger partial charge in [0.25, 0.3) is 0 Å². The molecule has 0 unspecified atom stereocenters. The van der Waals surface area contributed by atoms with Crippen molar-refractivity contribution in [1.82, 2.24) is 0 Å². The van der Waals surface area contributed by atoms with Gasteiger partial charge in [0.15, 0.2) is 11.5 Å². The minimum absolute atomic E-state index is 0.0908. The van der Waals surface area contributed by atoms with Crippen molar-refractivity contribution in [2.45, 2.75) is 19.8 Å². The number of aryl methyl sites for hydroxylation is 1. The molecular weight excluding hydrogens is 206 g/mol. The summed E-state index contributed by atoms with van der Waals surface area (Å²) in [7, 11) is 1.52. The van der Waals surface area contributed by atoms with Crippen LogP contribution in [0, 0.1) is 18.3 Å². The fraction of sp³-hybridized carbons (Fsp3) is 0.333. The molecule has 16 heavy (non-hydrogen) atoms. The number of ether oxygens (including phenoxy) is 2. The summed E-state index contributed by atoms with van der Waals surface area (Å²) in [5.41, 5.74) is 1.02. The van der Waals surface area contributed by atoms with Crippen molar-refractivity contribution in [2.24, 2.45) is 0 Å². The van der Waals surface area contributed by atoms with Gasteiger partial charge in [0.05, 0.1) is 19.6 Å². The van der Waals surface area contributed by atoms with Gasteiger partial charge in [-0.15, -0.1) is 0 Å². The predicted molar refractivity (Wildman–Crippen MR) is 58.2 cm³/mol. The molecule has 0 bridgehead atoms. The standard InChI is InChI=1S/C12H13NO3/c1-9-5-6-10(11(8-9)15-2)16-12(14)4-3-7-13/h5-6,8H,3-4H2,1-2H3. The lowest BCUT2D eigenvalue weighted by atomic mass is 10.2. The van der Waals surface area contributed by atoms with E-state index in [-0.39, 0.29) is 12.8 Å². The number of hydrogen-bond donors (Lipinski definition) is 0. The molecule has 0 aromatic heterocycles. The molecule has 1 aromatic rings. The first-order valence-corrected chi connectivity index (χ1v) is 4.89. The van der Waals surface area contributed by atoms with E-state index in [9.17, 15) is 4.79 Å². The van der Waals surface area contributed by atoms with E-state index in [1.165, 1.54) is 7.11 Å². The Morgan fingerprint density at radius 1 is 1.44 bits per heavy atom. The summed E-state index contributed by atoms with van der Waals surface area (Å²) in [6.45, 7) is 1.92. The van der Waals surface area contributed by atoms with E-state index in [4.69, 9.17) is 14.7 Å². The van der Waals surface area contributed by atoms with Crippen LogP contribution in [0.15, 0.2) is 18.2 Å². The third-order valence-electron chi connectivity index (χ3n) is 1.98. The van der Waals surface area contributed by atoms with Gasteiger partial charge in [0.2, 0.25) is 0 Å². The Hall–Kier alpha value is -2.02. The largest absolute Gasteiger partial charge is 0.493 e. The molecule has 0 N–H and O–H groups in total. The first kappa shape index (κ1) is 12.1. The zero-order valence-corrected chi connectivity index (χ0v) is 9.32. The third kappa shape index (κ3) is 3.28. The van der Waals surface area contributed by atoms with Crippen molar-refractivity contribution in [3.8, 4) is 17.6 Å². The quantitative estimate of drug-likeness (QED) is 0.575. The van der Waals surface area contributed by atoms with E-state index in [2.05, 4.69) is 0 Å². The van der Waals surface area contributed by atoms with Crippen LogP contribution in [0.2, 0.25) is 0 Å². The van der Waals surface area contributed by atoms with Crippen molar-refractivity contribution in [2.75, 3.05) is 7.11 Å². The summed E-state index contributed by atoms with van der Waals surface area (Å²) in [4.78, 5) is 11.3. The highest BCUT2D eigenvalue weighted by Crippen LogP contribution is 2.28. The van der Waals surface area contributed by atoms with Crippen molar-refractivity contribution in [3.63, 3.8) is 0 Å². The van der Waals surface area contributed by atoms with E-state index in [1.54, 1.807) is 12.1 Å². The number of hydrogen-bond acceptors (Lipinski definition) is 4. The summed E-state index contributed by atoms with van der Waals surface area (Å²) < 4.78 is 10.2. The van der Waals surface area contributed by atoms with Crippen LogP contribution in [-0.2, 0) is 4.79 Å². The fourth-order valence-corrected chi connectivity index (χ4v) is 1.19. The Morgan fingerprint density at radius 3 is 2.81 bits per heavy atom. The second-order valence-electron chi connectivity index (χ2n) is 3.29. The molecular formula is C12H13NO3. The van der Waals surface area contributed by atoms with Crippen molar-refractivity contribution in [1.29, 1.82) is 5.26 Å². The Labute approximate surface area is 94.4 Å². The zero-order chi connectivity index (χ0) is 12.0. The lowest BCUT2D eigenvalue weighted by molar-refractivity contribution is -0.134. The van der Waals surface area contributed by atoms with Gasteiger partial charge in [-0.3, -0.25) is 4.79 Å². The van der Waals surface area contributed by atoms with Gasteiger partial charge in [-0.05, 0) is 24.6 Å². The molecule has 0 aliphatic rings. The third-order valence-corrected chi connectivity index (χ3v) is 1.98. The van der Waals surface area contributed by atoms with Crippen LogP contribution < -0.4 is 9.47 Å². The highest BCUT2D eigenvalue weighted by molar-refractivity contribution is 5.73. The molecule has 1 aromatic carbocycles. The van der Waals surface area contributed by atoms with Gasteiger partial charge >= 0.3 is 5.97 Å². The molecule has 4 nitrogen and oxygen atoms in total. The normalized spacial score (nSPS) is 9.31. The van der Waals surface area contributed by atoms with Gasteiger partial charge in [-0.2, -0.15) is 5.26 Å². The number of carbonyl (C=O) groups excluding carboxylic acids is 1. The smallest absolute Gasteiger partial charge is 0.312 e. The first-order chi connectivity index (χ1) is 7.67. The molecule has 0 spiro atoms. The van der Waals surface area contributed by atoms with Crippen molar-refractivity contribution >= 4 is 5.97 Å². The Bertz CT molecular complexity index is 421. The molecule has 0 amide bonds. The second kappa shape index (κ2) is 5.76. The first-order valence-electron chi connectivity index (χ1n) is 4.89. The number of carbonyl (C=O) groups is 1. The molecule has 4 heteroatoms. The van der Waals surface area contributed by atoms with Crippen LogP contribution in [0.5, 0.6) is 11.5 Å². The molecule has 0 fully saturated rings. The van der Waals surface area contributed by atoms with Crippen LogP contribution in [0.3, 0.4) is 0 Å². The molecule has 0 radical (unpaired) electrons. The van der Waals surface area contributed by atoms with Gasteiger partial charge in [-0.1, -0.05) is 6.07 Å². The molecule has 0 aliphatic heterocycles. The summed E-state index contributed by atoms with van der Waals surface area (Å²) in [6.07, 6.45) is 0.251.